The minimum atomic E-state index is -4.59. The SMILES string of the molecule is Cc1ccc(C(=O)N2CCC(OC3CCN(CCC(=O)N(CC/C=C/c4cnc(N)c5c(-c6ccc(C(=O)Nc7cc(C(F)(F)F)ccn7)cc6)[nH]nc45)CCC(=O)NC4CCCCC4)CC3)CC2)cc1N1CCC(=O)NC1=O. The minimum absolute atomic E-state index is 0.0293. The number of carbonyl (C=O) groups is 6. The van der Waals surface area contributed by atoms with E-state index in [1.54, 1.807) is 35.4 Å². The fourth-order valence-electron chi connectivity index (χ4n) is 10.8. The number of nitrogen functional groups attached to an aromatic ring is 1. The van der Waals surface area contributed by atoms with Crippen molar-refractivity contribution in [1.82, 2.24) is 45.5 Å². The number of ether oxygens (including phenoxy) is 1. The zero-order chi connectivity index (χ0) is 55.6. The first-order valence-electron chi connectivity index (χ1n) is 27.3. The van der Waals surface area contributed by atoms with Gasteiger partial charge >= 0.3 is 12.2 Å². The van der Waals surface area contributed by atoms with Crippen LogP contribution in [0.4, 0.5) is 35.3 Å². The van der Waals surface area contributed by atoms with Gasteiger partial charge < -0.3 is 35.8 Å². The van der Waals surface area contributed by atoms with E-state index in [0.717, 1.165) is 75.5 Å². The first-order chi connectivity index (χ1) is 38.1. The number of anilines is 3. The summed E-state index contributed by atoms with van der Waals surface area (Å²) in [5.41, 5.74) is 10.0. The standard InChI is InChI=1S/C57H67F3N12O7/c1-36-10-11-39(33-45(36)72-32-22-48(74)66-56(72)78)55(77)71-29-19-44(20-30-71)79-43-17-26-69(27-18-43)28-23-49(75)70(31-21-47(73)64-42-8-3-2-4-9-42)25-6-5-7-40-35-63-53(61)50-51(67-68-52(40)50)37-12-14-38(15-13-37)54(76)65-46-34-41(16-24-62-46)57(58,59)60/h5,7,10-16,24,33-35,42-44H,2-4,6,8-9,17-23,25-32H2,1H3,(H2,61,63)(H,64,73)(H,67,68)(H,62,65,76)(H,66,74,78)/b7-5+. The zero-order valence-corrected chi connectivity index (χ0v) is 44.3. The van der Waals surface area contributed by atoms with Crippen molar-refractivity contribution in [3.05, 3.63) is 101 Å². The van der Waals surface area contributed by atoms with Crippen LogP contribution < -0.4 is 26.6 Å². The van der Waals surface area contributed by atoms with Gasteiger partial charge in [0.05, 0.1) is 28.9 Å². The second-order valence-electron chi connectivity index (χ2n) is 20.8. The summed E-state index contributed by atoms with van der Waals surface area (Å²) in [6.07, 6.45) is 11.5. The number of halogens is 3. The smallest absolute Gasteiger partial charge is 0.383 e. The van der Waals surface area contributed by atoms with E-state index in [-0.39, 0.29) is 85.0 Å². The van der Waals surface area contributed by atoms with Gasteiger partial charge in [0.15, 0.2) is 0 Å². The molecule has 3 aromatic heterocycles. The van der Waals surface area contributed by atoms with Crippen LogP contribution in [0.15, 0.2) is 73.1 Å². The summed E-state index contributed by atoms with van der Waals surface area (Å²) in [5, 5.41) is 16.1. The van der Waals surface area contributed by atoms with E-state index in [1.165, 1.54) is 23.5 Å². The number of pyridine rings is 2. The number of benzene rings is 2. The molecule has 1 aliphatic carbocycles. The van der Waals surface area contributed by atoms with E-state index < -0.39 is 23.7 Å². The predicted molar refractivity (Wildman–Crippen MR) is 292 cm³/mol. The Morgan fingerprint density at radius 1 is 0.861 bits per heavy atom. The molecule has 9 rings (SSSR count). The van der Waals surface area contributed by atoms with Crippen LogP contribution in [0, 0.1) is 6.92 Å². The number of nitrogens with two attached hydrogens (primary N) is 1. The summed E-state index contributed by atoms with van der Waals surface area (Å²) in [6, 6.07) is 13.0. The molecular weight excluding hydrogens is 1020 g/mol. The number of hydrogen-bond donors (Lipinski definition) is 5. The quantitative estimate of drug-likeness (QED) is 0.0563. The number of nitrogens with zero attached hydrogens (tertiary/aromatic N) is 7. The van der Waals surface area contributed by atoms with Crippen molar-refractivity contribution in [3.63, 3.8) is 0 Å². The molecule has 19 nitrogen and oxygen atoms in total. The molecule has 3 saturated heterocycles. The molecule has 0 atom stereocenters. The summed E-state index contributed by atoms with van der Waals surface area (Å²) in [5.74, 6) is -1.15. The highest BCUT2D eigenvalue weighted by Crippen LogP contribution is 2.34. The number of amides is 7. The molecule has 2 aromatic carbocycles. The number of aryl methyl sites for hydroxylation is 1. The summed E-state index contributed by atoms with van der Waals surface area (Å²) in [7, 11) is 0. The van der Waals surface area contributed by atoms with Crippen molar-refractivity contribution >= 4 is 69.9 Å². The van der Waals surface area contributed by atoms with Gasteiger partial charge in [0.2, 0.25) is 17.7 Å². The van der Waals surface area contributed by atoms with Crippen LogP contribution in [0.3, 0.4) is 0 Å². The Bertz CT molecular complexity index is 3050. The van der Waals surface area contributed by atoms with E-state index in [9.17, 15) is 41.9 Å². The van der Waals surface area contributed by atoms with Gasteiger partial charge in [-0.2, -0.15) is 18.3 Å². The molecule has 0 spiro atoms. The van der Waals surface area contributed by atoms with Crippen LogP contribution in [-0.4, -0.2) is 141 Å². The van der Waals surface area contributed by atoms with Gasteiger partial charge in [0, 0.05) is 118 Å². The number of piperidine rings is 2. The van der Waals surface area contributed by atoms with Gasteiger partial charge in [0.1, 0.15) is 17.2 Å². The number of hydrogen-bond acceptors (Lipinski definition) is 12. The van der Waals surface area contributed by atoms with E-state index >= 15 is 0 Å². The van der Waals surface area contributed by atoms with Gasteiger partial charge in [-0.05, 0) is 93.8 Å². The molecule has 6 heterocycles. The highest BCUT2D eigenvalue weighted by atomic mass is 19.4. The van der Waals surface area contributed by atoms with E-state index in [4.69, 9.17) is 10.5 Å². The van der Waals surface area contributed by atoms with Crippen molar-refractivity contribution in [3.8, 4) is 11.3 Å². The normalized spacial score (nSPS) is 17.3. The Morgan fingerprint density at radius 2 is 1.58 bits per heavy atom. The summed E-state index contributed by atoms with van der Waals surface area (Å²) >= 11 is 0. The second kappa shape index (κ2) is 25.4. The molecular formula is C57H67F3N12O7. The Balaban J connectivity index is 0.755. The van der Waals surface area contributed by atoms with Crippen LogP contribution in [0.2, 0.25) is 0 Å². The molecule has 4 fully saturated rings. The maximum absolute atomic E-state index is 14.0. The average Bonchev–Trinajstić information content (AvgIpc) is 3.98. The number of imide groups is 1. The predicted octanol–water partition coefficient (Wildman–Crippen LogP) is 7.87. The number of nitrogens with one attached hydrogen (secondary N) is 4. The molecule has 6 N–H and O–H groups in total. The Hall–Kier alpha value is -7.72. The highest BCUT2D eigenvalue weighted by molar-refractivity contribution is 6.07. The number of urea groups is 1. The molecule has 5 aromatic rings. The van der Waals surface area contributed by atoms with E-state index in [2.05, 4.69) is 41.0 Å². The second-order valence-corrected chi connectivity index (χ2v) is 20.8. The lowest BCUT2D eigenvalue weighted by Gasteiger charge is -2.37. The zero-order valence-electron chi connectivity index (χ0n) is 44.3. The molecule has 79 heavy (non-hydrogen) atoms. The number of rotatable bonds is 18. The molecule has 418 valence electrons. The van der Waals surface area contributed by atoms with Gasteiger partial charge in [-0.25, -0.2) is 14.8 Å². The molecule has 1 saturated carbocycles. The highest BCUT2D eigenvalue weighted by Gasteiger charge is 2.32. The van der Waals surface area contributed by atoms with Crippen molar-refractivity contribution < 1.29 is 46.7 Å². The average molecular weight is 1090 g/mol. The fraction of sp³-hybridized carbons (Fsp3) is 0.456. The molecule has 7 amide bonds. The fourth-order valence-corrected chi connectivity index (χ4v) is 10.8. The Morgan fingerprint density at radius 3 is 2.30 bits per heavy atom. The van der Waals surface area contributed by atoms with Crippen LogP contribution in [-0.2, 0) is 25.3 Å². The summed E-state index contributed by atoms with van der Waals surface area (Å²) in [6.45, 7) is 6.06. The molecule has 0 radical (unpaired) electrons. The number of carbonyl (C=O) groups excluding carboxylic acids is 6. The lowest BCUT2D eigenvalue weighted by atomic mass is 9.95. The third-order valence-electron chi connectivity index (χ3n) is 15.3. The van der Waals surface area contributed by atoms with Gasteiger partial charge in [-0.3, -0.25) is 39.3 Å². The van der Waals surface area contributed by atoms with E-state index in [1.807, 2.05) is 30.0 Å². The third-order valence-corrected chi connectivity index (χ3v) is 15.3. The first kappa shape index (κ1) is 56.0. The van der Waals surface area contributed by atoms with Gasteiger partial charge in [-0.1, -0.05) is 49.6 Å². The topological polar surface area (TPSA) is 241 Å². The van der Waals surface area contributed by atoms with Gasteiger partial charge in [0.25, 0.3) is 11.8 Å². The monoisotopic (exact) mass is 1090 g/mol. The first-order valence-corrected chi connectivity index (χ1v) is 27.3. The summed E-state index contributed by atoms with van der Waals surface area (Å²) in [4.78, 5) is 93.6. The molecule has 0 bridgehead atoms. The van der Waals surface area contributed by atoms with Crippen LogP contribution in [0.1, 0.15) is 121 Å². The number of alkyl halides is 3. The van der Waals surface area contributed by atoms with Crippen molar-refractivity contribution in [2.45, 2.75) is 115 Å². The van der Waals surface area contributed by atoms with Crippen molar-refractivity contribution in [1.29, 1.82) is 0 Å². The molecule has 0 unspecified atom stereocenters. The molecule has 22 heteroatoms. The molecule has 3 aliphatic heterocycles. The third kappa shape index (κ3) is 14.3. The van der Waals surface area contributed by atoms with E-state index in [0.29, 0.717) is 90.8 Å². The van der Waals surface area contributed by atoms with Crippen LogP contribution in [0.25, 0.3) is 28.2 Å². The summed E-state index contributed by atoms with van der Waals surface area (Å²) < 4.78 is 46.2. The number of H-pyrrole nitrogens is 1. The minimum Gasteiger partial charge on any atom is -0.383 e. The molecule has 4 aliphatic rings. The maximum atomic E-state index is 14.0. The number of fused-ring (bicyclic) bond motifs is 1. The lowest BCUT2D eigenvalue weighted by molar-refractivity contribution is -0.137. The Labute approximate surface area is 455 Å². The van der Waals surface area contributed by atoms with Crippen LogP contribution >= 0.6 is 0 Å². The number of aromatic amines is 1. The largest absolute Gasteiger partial charge is 0.416 e. The number of aromatic nitrogens is 4. The maximum Gasteiger partial charge on any atom is 0.416 e. The van der Waals surface area contributed by atoms with Crippen LogP contribution in [0.5, 0.6) is 0 Å². The lowest BCUT2D eigenvalue weighted by Crippen LogP contribution is -2.50. The van der Waals surface area contributed by atoms with Crippen molar-refractivity contribution in [2.24, 2.45) is 0 Å². The van der Waals surface area contributed by atoms with Gasteiger partial charge in [-0.15, -0.1) is 0 Å². The van der Waals surface area contributed by atoms with Crippen molar-refractivity contribution in [2.75, 3.05) is 68.3 Å². The Kier molecular flexibility index (Phi) is 18.0. The number of likely N-dealkylation sites (tertiary alicyclic amines) is 2.